The highest BCUT2D eigenvalue weighted by Gasteiger charge is 2.30. The molecule has 5 nitrogen and oxygen atoms in total. The maximum atomic E-state index is 12.9. The van der Waals surface area contributed by atoms with E-state index in [9.17, 15) is 17.6 Å². The molecule has 0 fully saturated rings. The fraction of sp³-hybridized carbons (Fsp3) is 0.316. The lowest BCUT2D eigenvalue weighted by atomic mass is 10.1. The van der Waals surface area contributed by atoms with Crippen molar-refractivity contribution in [3.05, 3.63) is 65.0 Å². The van der Waals surface area contributed by atoms with E-state index in [0.29, 0.717) is 5.69 Å². The zero-order valence-electron chi connectivity index (χ0n) is 15.3. The average molecular weight is 378 g/mol. The summed E-state index contributed by atoms with van der Waals surface area (Å²) in [6, 6.07) is 10.3. The van der Waals surface area contributed by atoms with Crippen LogP contribution >= 0.6 is 0 Å². The Morgan fingerprint density at radius 2 is 1.77 bits per heavy atom. The number of anilines is 1. The first-order valence-electron chi connectivity index (χ1n) is 8.18. The lowest BCUT2D eigenvalue weighted by molar-refractivity contribution is -0.122. The molecule has 0 aromatic heterocycles. The molecule has 26 heavy (non-hydrogen) atoms. The molecule has 0 aliphatic carbocycles. The summed E-state index contributed by atoms with van der Waals surface area (Å²) in [6.07, 6.45) is 1.08. The van der Waals surface area contributed by atoms with Gasteiger partial charge in [0.25, 0.3) is 0 Å². The summed E-state index contributed by atoms with van der Waals surface area (Å²) in [4.78, 5) is 12.5. The van der Waals surface area contributed by atoms with Crippen LogP contribution in [0.3, 0.4) is 0 Å². The molecule has 1 unspecified atom stereocenters. The molecular formula is C19H23FN2O3S. The fourth-order valence-corrected chi connectivity index (χ4v) is 3.90. The van der Waals surface area contributed by atoms with Crippen molar-refractivity contribution >= 4 is 21.6 Å². The number of amides is 1. The third-order valence-electron chi connectivity index (χ3n) is 4.07. The third kappa shape index (κ3) is 4.82. The zero-order chi connectivity index (χ0) is 19.5. The maximum absolute atomic E-state index is 12.9. The van der Waals surface area contributed by atoms with Crippen LogP contribution in [0, 0.1) is 19.7 Å². The SMILES string of the molecule is Cc1ccc(C)c(N(C(C)C(=O)NCc2ccc(F)cc2)S(C)(=O)=O)c1. The van der Waals surface area contributed by atoms with E-state index in [0.717, 1.165) is 27.3 Å². The number of benzene rings is 2. The monoisotopic (exact) mass is 378 g/mol. The van der Waals surface area contributed by atoms with E-state index in [1.54, 1.807) is 32.0 Å². The van der Waals surface area contributed by atoms with Crippen LogP contribution in [0.5, 0.6) is 0 Å². The normalized spacial score (nSPS) is 12.5. The van der Waals surface area contributed by atoms with Crippen LogP contribution in [0.1, 0.15) is 23.6 Å². The molecule has 140 valence electrons. The predicted octanol–water partition coefficient (Wildman–Crippen LogP) is 2.91. The average Bonchev–Trinajstić information content (AvgIpc) is 2.56. The Labute approximate surface area is 153 Å². The number of nitrogens with one attached hydrogen (secondary N) is 1. The molecule has 2 aromatic rings. The molecule has 0 aliphatic heterocycles. The summed E-state index contributed by atoms with van der Waals surface area (Å²) in [6.45, 7) is 5.40. The van der Waals surface area contributed by atoms with Crippen LogP contribution in [0.4, 0.5) is 10.1 Å². The van der Waals surface area contributed by atoms with Gasteiger partial charge in [-0.25, -0.2) is 12.8 Å². The van der Waals surface area contributed by atoms with Gasteiger partial charge in [-0.3, -0.25) is 9.10 Å². The number of halogens is 1. The standard InChI is InChI=1S/C19H23FN2O3S/c1-13-5-6-14(2)18(11-13)22(26(4,24)25)15(3)19(23)21-12-16-7-9-17(20)10-8-16/h5-11,15H,12H2,1-4H3,(H,21,23). The molecule has 0 saturated carbocycles. The molecule has 0 radical (unpaired) electrons. The second-order valence-corrected chi connectivity index (χ2v) is 8.23. The highest BCUT2D eigenvalue weighted by molar-refractivity contribution is 7.92. The Balaban J connectivity index is 2.23. The van der Waals surface area contributed by atoms with E-state index in [-0.39, 0.29) is 12.4 Å². The van der Waals surface area contributed by atoms with E-state index < -0.39 is 22.0 Å². The van der Waals surface area contributed by atoms with Gasteiger partial charge in [-0.2, -0.15) is 0 Å². The number of aryl methyl sites for hydroxylation is 2. The minimum Gasteiger partial charge on any atom is -0.350 e. The van der Waals surface area contributed by atoms with Gasteiger partial charge in [-0.1, -0.05) is 24.3 Å². The second-order valence-electron chi connectivity index (χ2n) is 6.37. The number of carbonyl (C=O) groups excluding carboxylic acids is 1. The van der Waals surface area contributed by atoms with Crippen molar-refractivity contribution in [1.82, 2.24) is 5.32 Å². The summed E-state index contributed by atoms with van der Waals surface area (Å²) in [5.74, 6) is -0.785. The van der Waals surface area contributed by atoms with E-state index in [1.807, 2.05) is 19.1 Å². The lowest BCUT2D eigenvalue weighted by Gasteiger charge is -2.29. The first kappa shape index (κ1) is 19.9. The van der Waals surface area contributed by atoms with Crippen molar-refractivity contribution in [1.29, 1.82) is 0 Å². The van der Waals surface area contributed by atoms with Crippen molar-refractivity contribution in [2.24, 2.45) is 0 Å². The van der Waals surface area contributed by atoms with E-state index >= 15 is 0 Å². The van der Waals surface area contributed by atoms with E-state index in [2.05, 4.69) is 5.32 Å². The van der Waals surface area contributed by atoms with Crippen LogP contribution in [-0.4, -0.2) is 26.6 Å². The van der Waals surface area contributed by atoms with E-state index in [4.69, 9.17) is 0 Å². The predicted molar refractivity (Wildman–Crippen MR) is 101 cm³/mol. The minimum atomic E-state index is -3.67. The molecule has 0 saturated heterocycles. The number of hydrogen-bond donors (Lipinski definition) is 1. The van der Waals surface area contributed by atoms with Gasteiger partial charge in [-0.05, 0) is 55.7 Å². The maximum Gasteiger partial charge on any atom is 0.243 e. The Morgan fingerprint density at radius 3 is 2.35 bits per heavy atom. The summed E-state index contributed by atoms with van der Waals surface area (Å²) >= 11 is 0. The molecule has 1 N–H and O–H groups in total. The molecule has 0 bridgehead atoms. The number of rotatable bonds is 6. The van der Waals surface area contributed by atoms with Gasteiger partial charge >= 0.3 is 0 Å². The van der Waals surface area contributed by atoms with Gasteiger partial charge in [0, 0.05) is 6.54 Å². The van der Waals surface area contributed by atoms with Gasteiger partial charge in [0.1, 0.15) is 11.9 Å². The molecule has 0 heterocycles. The highest BCUT2D eigenvalue weighted by atomic mass is 32.2. The summed E-state index contributed by atoms with van der Waals surface area (Å²) in [5, 5.41) is 2.71. The largest absolute Gasteiger partial charge is 0.350 e. The Kier molecular flexibility index (Phi) is 6.02. The number of hydrogen-bond acceptors (Lipinski definition) is 3. The lowest BCUT2D eigenvalue weighted by Crippen LogP contribution is -2.48. The Morgan fingerprint density at radius 1 is 1.15 bits per heavy atom. The topological polar surface area (TPSA) is 66.5 Å². The summed E-state index contributed by atoms with van der Waals surface area (Å²) in [5.41, 5.74) is 2.87. The van der Waals surface area contributed by atoms with Crippen LogP contribution in [-0.2, 0) is 21.4 Å². The first-order valence-corrected chi connectivity index (χ1v) is 10.0. The summed E-state index contributed by atoms with van der Waals surface area (Å²) in [7, 11) is -3.67. The molecule has 2 rings (SSSR count). The molecule has 1 amide bonds. The molecular weight excluding hydrogens is 355 g/mol. The summed E-state index contributed by atoms with van der Waals surface area (Å²) < 4.78 is 38.8. The van der Waals surface area contributed by atoms with Crippen LogP contribution in [0.25, 0.3) is 0 Å². The number of nitrogens with zero attached hydrogens (tertiary/aromatic N) is 1. The Hall–Kier alpha value is -2.41. The number of carbonyl (C=O) groups is 1. The molecule has 2 aromatic carbocycles. The second kappa shape index (κ2) is 7.86. The van der Waals surface area contributed by atoms with Crippen LogP contribution < -0.4 is 9.62 Å². The van der Waals surface area contributed by atoms with Crippen molar-refractivity contribution in [2.45, 2.75) is 33.4 Å². The molecule has 7 heteroatoms. The molecule has 0 spiro atoms. The smallest absolute Gasteiger partial charge is 0.243 e. The van der Waals surface area contributed by atoms with Crippen molar-refractivity contribution in [3.8, 4) is 0 Å². The van der Waals surface area contributed by atoms with Crippen molar-refractivity contribution in [2.75, 3.05) is 10.6 Å². The first-order chi connectivity index (χ1) is 12.1. The number of sulfonamides is 1. The third-order valence-corrected chi connectivity index (χ3v) is 5.30. The zero-order valence-corrected chi connectivity index (χ0v) is 16.1. The van der Waals surface area contributed by atoms with Crippen LogP contribution in [0.15, 0.2) is 42.5 Å². The highest BCUT2D eigenvalue weighted by Crippen LogP contribution is 2.26. The van der Waals surface area contributed by atoms with Crippen molar-refractivity contribution in [3.63, 3.8) is 0 Å². The van der Waals surface area contributed by atoms with Gasteiger partial charge < -0.3 is 5.32 Å². The fourth-order valence-electron chi connectivity index (χ4n) is 2.68. The van der Waals surface area contributed by atoms with Crippen molar-refractivity contribution < 1.29 is 17.6 Å². The molecule has 0 aliphatic rings. The Bertz CT molecular complexity index is 896. The van der Waals surface area contributed by atoms with Gasteiger partial charge in [0.05, 0.1) is 11.9 Å². The van der Waals surface area contributed by atoms with Gasteiger partial charge in [-0.15, -0.1) is 0 Å². The quantitative estimate of drug-likeness (QED) is 0.840. The van der Waals surface area contributed by atoms with Crippen LogP contribution in [0.2, 0.25) is 0 Å². The molecule has 1 atom stereocenters. The minimum absolute atomic E-state index is 0.188. The van der Waals surface area contributed by atoms with E-state index in [1.165, 1.54) is 12.1 Å². The van der Waals surface area contributed by atoms with Gasteiger partial charge in [0.2, 0.25) is 15.9 Å². The van der Waals surface area contributed by atoms with Gasteiger partial charge in [0.15, 0.2) is 0 Å².